The molecule has 0 bridgehead atoms. The number of hydrogen-bond acceptors (Lipinski definition) is 3. The van der Waals surface area contributed by atoms with Gasteiger partial charge in [0.15, 0.2) is 0 Å². The molecule has 23 heavy (non-hydrogen) atoms. The number of rotatable bonds is 3. The maximum atomic E-state index is 12.4. The minimum atomic E-state index is -0.388. The van der Waals surface area contributed by atoms with E-state index in [9.17, 15) is 9.59 Å². The number of ether oxygens (including phenoxy) is 1. The number of anilines is 1. The van der Waals surface area contributed by atoms with Crippen LogP contribution in [0.5, 0.6) is 5.75 Å². The molecule has 4 nitrogen and oxygen atoms in total. The van der Waals surface area contributed by atoms with E-state index in [1.165, 1.54) is 6.92 Å². The van der Waals surface area contributed by atoms with E-state index in [1.807, 2.05) is 24.3 Å². The third-order valence-electron chi connectivity index (χ3n) is 3.36. The van der Waals surface area contributed by atoms with Crippen molar-refractivity contribution in [1.82, 2.24) is 0 Å². The predicted molar refractivity (Wildman–Crippen MR) is 90.8 cm³/mol. The van der Waals surface area contributed by atoms with Gasteiger partial charge in [-0.05, 0) is 41.3 Å². The molecule has 120 valence electrons. The van der Waals surface area contributed by atoms with Gasteiger partial charge in [0.25, 0.3) is 5.91 Å². The van der Waals surface area contributed by atoms with Crippen LogP contribution < -0.4 is 10.1 Å². The molecule has 0 aromatic heterocycles. The first-order chi connectivity index (χ1) is 10.8. The maximum absolute atomic E-state index is 12.4. The molecule has 0 unspecified atom stereocenters. The Labute approximate surface area is 136 Å². The van der Waals surface area contributed by atoms with Gasteiger partial charge in [-0.25, -0.2) is 0 Å². The number of carbonyl (C=O) groups excluding carboxylic acids is 2. The molecule has 2 aromatic rings. The highest BCUT2D eigenvalue weighted by atomic mass is 16.5. The third-order valence-corrected chi connectivity index (χ3v) is 3.36. The summed E-state index contributed by atoms with van der Waals surface area (Å²) in [5.74, 6) is -0.165. The molecular weight excluding hydrogens is 290 g/mol. The van der Waals surface area contributed by atoms with Gasteiger partial charge >= 0.3 is 5.97 Å². The predicted octanol–water partition coefficient (Wildman–Crippen LogP) is 4.16. The van der Waals surface area contributed by atoms with Crippen molar-refractivity contribution >= 4 is 17.6 Å². The molecule has 0 aliphatic heterocycles. The standard InChI is InChI=1S/C19H21NO3/c1-13(21)23-15-11-9-14(10-12-15)18(22)20-17-8-6-5-7-16(17)19(2,3)4/h5-12H,1-4H3,(H,20,22). The highest BCUT2D eigenvalue weighted by molar-refractivity contribution is 6.04. The van der Waals surface area contributed by atoms with Gasteiger partial charge in [-0.15, -0.1) is 0 Å². The van der Waals surface area contributed by atoms with Gasteiger partial charge in [-0.1, -0.05) is 39.0 Å². The minimum Gasteiger partial charge on any atom is -0.427 e. The van der Waals surface area contributed by atoms with E-state index < -0.39 is 0 Å². The highest BCUT2D eigenvalue weighted by Crippen LogP contribution is 2.29. The summed E-state index contributed by atoms with van der Waals surface area (Å²) in [6.45, 7) is 7.65. The summed E-state index contributed by atoms with van der Waals surface area (Å²) in [5.41, 5.74) is 2.31. The van der Waals surface area contributed by atoms with Gasteiger partial charge in [0.05, 0.1) is 0 Å². The van der Waals surface area contributed by atoms with E-state index in [4.69, 9.17) is 4.74 Å². The van der Waals surface area contributed by atoms with Gasteiger partial charge < -0.3 is 10.1 Å². The number of hydrogen-bond donors (Lipinski definition) is 1. The zero-order valence-corrected chi connectivity index (χ0v) is 13.8. The second-order valence-corrected chi connectivity index (χ2v) is 6.37. The zero-order chi connectivity index (χ0) is 17.0. The van der Waals surface area contributed by atoms with Crippen LogP contribution in [0.4, 0.5) is 5.69 Å². The van der Waals surface area contributed by atoms with Gasteiger partial charge in [-0.2, -0.15) is 0 Å². The van der Waals surface area contributed by atoms with Crippen LogP contribution in [0.1, 0.15) is 43.6 Å². The quantitative estimate of drug-likeness (QED) is 0.684. The summed E-state index contributed by atoms with van der Waals surface area (Å²) < 4.78 is 4.96. The Bertz CT molecular complexity index is 712. The average Bonchev–Trinajstić information content (AvgIpc) is 2.46. The topological polar surface area (TPSA) is 55.4 Å². The van der Waals surface area contributed by atoms with Gasteiger partial charge in [0, 0.05) is 18.2 Å². The largest absolute Gasteiger partial charge is 0.427 e. The summed E-state index contributed by atoms with van der Waals surface area (Å²) in [7, 11) is 0. The second-order valence-electron chi connectivity index (χ2n) is 6.37. The molecule has 0 spiro atoms. The van der Waals surface area contributed by atoms with E-state index in [0.29, 0.717) is 11.3 Å². The molecule has 0 heterocycles. The zero-order valence-electron chi connectivity index (χ0n) is 13.8. The van der Waals surface area contributed by atoms with Crippen LogP contribution >= 0.6 is 0 Å². The van der Waals surface area contributed by atoms with Crippen molar-refractivity contribution in [3.63, 3.8) is 0 Å². The Kier molecular flexibility index (Phi) is 4.84. The Hall–Kier alpha value is -2.62. The fourth-order valence-corrected chi connectivity index (χ4v) is 2.28. The van der Waals surface area contributed by atoms with Crippen LogP contribution in [0, 0.1) is 0 Å². The van der Waals surface area contributed by atoms with E-state index in [1.54, 1.807) is 24.3 Å². The molecular formula is C19H21NO3. The van der Waals surface area contributed by atoms with E-state index in [2.05, 4.69) is 26.1 Å². The monoisotopic (exact) mass is 311 g/mol. The van der Waals surface area contributed by atoms with Crippen molar-refractivity contribution in [3.05, 3.63) is 59.7 Å². The first-order valence-electron chi connectivity index (χ1n) is 7.47. The summed E-state index contributed by atoms with van der Waals surface area (Å²) >= 11 is 0. The van der Waals surface area contributed by atoms with Gasteiger partial charge in [0.1, 0.15) is 5.75 Å². The number of amides is 1. The Morgan fingerprint density at radius 2 is 1.57 bits per heavy atom. The Balaban J connectivity index is 2.18. The van der Waals surface area contributed by atoms with Crippen LogP contribution in [0.15, 0.2) is 48.5 Å². The lowest BCUT2D eigenvalue weighted by Gasteiger charge is -2.23. The van der Waals surface area contributed by atoms with Crippen molar-refractivity contribution in [2.45, 2.75) is 33.1 Å². The minimum absolute atomic E-state index is 0.0664. The molecule has 0 saturated heterocycles. The van der Waals surface area contributed by atoms with Crippen molar-refractivity contribution in [1.29, 1.82) is 0 Å². The SMILES string of the molecule is CC(=O)Oc1ccc(C(=O)Nc2ccccc2C(C)(C)C)cc1. The second kappa shape index (κ2) is 6.65. The van der Waals surface area contributed by atoms with Crippen molar-refractivity contribution < 1.29 is 14.3 Å². The first-order valence-corrected chi connectivity index (χ1v) is 7.47. The smallest absolute Gasteiger partial charge is 0.308 e. The lowest BCUT2D eigenvalue weighted by atomic mass is 9.86. The molecule has 0 fully saturated rings. The average molecular weight is 311 g/mol. The van der Waals surface area contributed by atoms with Crippen LogP contribution in [-0.2, 0) is 10.2 Å². The van der Waals surface area contributed by atoms with Crippen LogP contribution in [0.25, 0.3) is 0 Å². The normalized spacial score (nSPS) is 11.0. The molecule has 0 atom stereocenters. The van der Waals surface area contributed by atoms with E-state index in [0.717, 1.165) is 11.3 Å². The lowest BCUT2D eigenvalue weighted by Crippen LogP contribution is -2.18. The van der Waals surface area contributed by atoms with Gasteiger partial charge in [-0.3, -0.25) is 9.59 Å². The molecule has 2 rings (SSSR count). The molecule has 0 radical (unpaired) electrons. The number of esters is 1. The van der Waals surface area contributed by atoms with Crippen molar-refractivity contribution in [2.24, 2.45) is 0 Å². The number of nitrogens with one attached hydrogen (secondary N) is 1. The molecule has 1 amide bonds. The Morgan fingerprint density at radius 1 is 0.957 bits per heavy atom. The van der Waals surface area contributed by atoms with E-state index >= 15 is 0 Å². The molecule has 0 aliphatic carbocycles. The summed E-state index contributed by atoms with van der Waals surface area (Å²) in [6, 6.07) is 14.2. The first kappa shape index (κ1) is 16.7. The number of para-hydroxylation sites is 1. The maximum Gasteiger partial charge on any atom is 0.308 e. The fraction of sp³-hybridized carbons (Fsp3) is 0.263. The van der Waals surface area contributed by atoms with Crippen LogP contribution in [0.2, 0.25) is 0 Å². The summed E-state index contributed by atoms with van der Waals surface area (Å²) in [5, 5.41) is 2.95. The van der Waals surface area contributed by atoms with Crippen molar-refractivity contribution in [3.8, 4) is 5.75 Å². The van der Waals surface area contributed by atoms with Crippen LogP contribution in [0.3, 0.4) is 0 Å². The molecule has 2 aromatic carbocycles. The summed E-state index contributed by atoms with van der Waals surface area (Å²) in [4.78, 5) is 23.3. The van der Waals surface area contributed by atoms with Crippen molar-refractivity contribution in [2.75, 3.05) is 5.32 Å². The number of carbonyl (C=O) groups is 2. The van der Waals surface area contributed by atoms with Crippen LogP contribution in [-0.4, -0.2) is 11.9 Å². The number of benzene rings is 2. The molecule has 4 heteroatoms. The fourth-order valence-electron chi connectivity index (χ4n) is 2.28. The van der Waals surface area contributed by atoms with E-state index in [-0.39, 0.29) is 17.3 Å². The third kappa shape index (κ3) is 4.42. The lowest BCUT2D eigenvalue weighted by molar-refractivity contribution is -0.131. The Morgan fingerprint density at radius 3 is 2.13 bits per heavy atom. The summed E-state index contributed by atoms with van der Waals surface area (Å²) in [6.07, 6.45) is 0. The molecule has 1 N–H and O–H groups in total. The van der Waals surface area contributed by atoms with Gasteiger partial charge in [0.2, 0.25) is 0 Å². The molecule has 0 aliphatic rings. The highest BCUT2D eigenvalue weighted by Gasteiger charge is 2.18. The molecule has 0 saturated carbocycles.